The van der Waals surface area contributed by atoms with E-state index < -0.39 is 23.8 Å². The number of carbonyl (C=O) groups is 4. The number of fused-ring (bicyclic) bond motifs is 1. The summed E-state index contributed by atoms with van der Waals surface area (Å²) in [5.41, 5.74) is 6.62. The molecular weight excluding hydrogens is 372 g/mol. The van der Waals surface area contributed by atoms with Gasteiger partial charge in [-0.2, -0.15) is 0 Å². The van der Waals surface area contributed by atoms with E-state index >= 15 is 0 Å². The normalized spacial score (nSPS) is 19.8. The van der Waals surface area contributed by atoms with Crippen molar-refractivity contribution in [3.05, 3.63) is 41.6 Å². The lowest BCUT2D eigenvalue weighted by atomic mass is 9.93. The Kier molecular flexibility index (Phi) is 4.92. The smallest absolute Gasteiger partial charge is 0.331 e. The number of barbiturate groups is 1. The Hall–Kier alpha value is -3.42. The van der Waals surface area contributed by atoms with Gasteiger partial charge in [-0.1, -0.05) is 37.5 Å². The van der Waals surface area contributed by atoms with Crippen molar-refractivity contribution >= 4 is 40.7 Å². The molecule has 1 aromatic carbocycles. The highest BCUT2D eigenvalue weighted by molar-refractivity contribution is 6.31. The lowest BCUT2D eigenvalue weighted by molar-refractivity contribution is -0.132. The molecule has 4 rings (SSSR count). The van der Waals surface area contributed by atoms with E-state index in [2.05, 4.69) is 5.32 Å². The topological polar surface area (TPSA) is 114 Å². The number of hydrogen-bond acceptors (Lipinski definition) is 4. The molecule has 3 N–H and O–H groups in total. The van der Waals surface area contributed by atoms with E-state index in [0.717, 1.165) is 43.0 Å². The third-order valence-corrected chi connectivity index (χ3v) is 5.52. The Morgan fingerprint density at radius 3 is 2.59 bits per heavy atom. The zero-order chi connectivity index (χ0) is 20.5. The summed E-state index contributed by atoms with van der Waals surface area (Å²) in [7, 11) is 0. The molecule has 8 heteroatoms. The van der Waals surface area contributed by atoms with Crippen molar-refractivity contribution in [1.82, 2.24) is 14.8 Å². The van der Waals surface area contributed by atoms with Crippen molar-refractivity contribution in [2.75, 3.05) is 0 Å². The summed E-state index contributed by atoms with van der Waals surface area (Å²) in [5.74, 6) is -1.78. The fraction of sp³-hybridized carbons (Fsp3) is 0.333. The van der Waals surface area contributed by atoms with Crippen molar-refractivity contribution in [1.29, 1.82) is 0 Å². The van der Waals surface area contributed by atoms with Crippen LogP contribution in [0.2, 0.25) is 0 Å². The molecule has 1 saturated heterocycles. The third kappa shape index (κ3) is 3.53. The first-order chi connectivity index (χ1) is 14.0. The number of urea groups is 1. The van der Waals surface area contributed by atoms with Gasteiger partial charge in [-0.05, 0) is 25.0 Å². The van der Waals surface area contributed by atoms with E-state index in [-0.39, 0.29) is 18.2 Å². The van der Waals surface area contributed by atoms with Gasteiger partial charge in [-0.3, -0.25) is 24.6 Å². The van der Waals surface area contributed by atoms with E-state index in [1.54, 1.807) is 10.8 Å². The Morgan fingerprint density at radius 2 is 1.86 bits per heavy atom. The number of para-hydroxylation sites is 1. The van der Waals surface area contributed by atoms with Crippen LogP contribution in [0.1, 0.15) is 37.7 Å². The fourth-order valence-corrected chi connectivity index (χ4v) is 4.19. The highest BCUT2D eigenvalue weighted by Gasteiger charge is 2.40. The van der Waals surface area contributed by atoms with E-state index in [9.17, 15) is 19.2 Å². The molecule has 5 amide bonds. The van der Waals surface area contributed by atoms with Crippen molar-refractivity contribution in [2.24, 2.45) is 5.73 Å². The number of amides is 5. The molecule has 2 heterocycles. The van der Waals surface area contributed by atoms with Crippen LogP contribution in [0.15, 0.2) is 36.0 Å². The number of hydrogen-bond donors (Lipinski definition) is 2. The second-order valence-electron chi connectivity index (χ2n) is 7.48. The number of benzene rings is 1. The van der Waals surface area contributed by atoms with E-state index in [0.29, 0.717) is 5.56 Å². The first-order valence-corrected chi connectivity index (χ1v) is 9.72. The molecule has 150 valence electrons. The molecule has 1 aliphatic heterocycles. The van der Waals surface area contributed by atoms with E-state index in [1.807, 2.05) is 24.3 Å². The highest BCUT2D eigenvalue weighted by Crippen LogP contribution is 2.28. The van der Waals surface area contributed by atoms with Crippen molar-refractivity contribution in [3.8, 4) is 0 Å². The van der Waals surface area contributed by atoms with Gasteiger partial charge in [-0.25, -0.2) is 4.79 Å². The molecule has 1 aliphatic carbocycles. The van der Waals surface area contributed by atoms with Crippen LogP contribution in [-0.4, -0.2) is 39.3 Å². The molecule has 0 atom stereocenters. The third-order valence-electron chi connectivity index (χ3n) is 5.52. The number of nitrogens with one attached hydrogen (secondary N) is 1. The minimum atomic E-state index is -0.709. The van der Waals surface area contributed by atoms with Crippen molar-refractivity contribution in [2.45, 2.75) is 44.7 Å². The summed E-state index contributed by atoms with van der Waals surface area (Å²) in [4.78, 5) is 50.4. The van der Waals surface area contributed by atoms with Gasteiger partial charge in [0.15, 0.2) is 0 Å². The molecule has 1 saturated carbocycles. The van der Waals surface area contributed by atoms with Crippen LogP contribution in [0.5, 0.6) is 0 Å². The largest absolute Gasteiger partial charge is 0.368 e. The van der Waals surface area contributed by atoms with Gasteiger partial charge in [0, 0.05) is 28.7 Å². The van der Waals surface area contributed by atoms with Crippen LogP contribution >= 0.6 is 0 Å². The molecule has 0 radical (unpaired) electrons. The minimum Gasteiger partial charge on any atom is -0.368 e. The van der Waals surface area contributed by atoms with E-state index in [1.165, 1.54) is 11.0 Å². The summed E-state index contributed by atoms with van der Waals surface area (Å²) in [6, 6.07) is 6.50. The summed E-state index contributed by atoms with van der Waals surface area (Å²) >= 11 is 0. The summed E-state index contributed by atoms with van der Waals surface area (Å²) in [6.45, 7) is -0.0173. The Labute approximate surface area is 167 Å². The van der Waals surface area contributed by atoms with Gasteiger partial charge >= 0.3 is 6.03 Å². The predicted octanol–water partition coefficient (Wildman–Crippen LogP) is 1.92. The number of nitrogens with two attached hydrogens (primary N) is 1. The highest BCUT2D eigenvalue weighted by atomic mass is 16.2. The van der Waals surface area contributed by atoms with Gasteiger partial charge in [0.2, 0.25) is 5.91 Å². The molecule has 8 nitrogen and oxygen atoms in total. The first-order valence-electron chi connectivity index (χ1n) is 9.72. The fourth-order valence-electron chi connectivity index (χ4n) is 4.19. The summed E-state index contributed by atoms with van der Waals surface area (Å²) in [6.07, 6.45) is 7.66. The predicted molar refractivity (Wildman–Crippen MR) is 106 cm³/mol. The average Bonchev–Trinajstić information content (AvgIpc) is 3.03. The number of rotatable bonds is 4. The van der Waals surface area contributed by atoms with Crippen molar-refractivity contribution in [3.63, 3.8) is 0 Å². The Morgan fingerprint density at radius 1 is 1.14 bits per heavy atom. The molecule has 0 unspecified atom stereocenters. The molecular formula is C21H22N4O4. The van der Waals surface area contributed by atoms with Crippen LogP contribution in [-0.2, 0) is 20.9 Å². The number of imide groups is 2. The van der Waals surface area contributed by atoms with Gasteiger partial charge in [-0.15, -0.1) is 0 Å². The average molecular weight is 394 g/mol. The molecule has 2 aliphatic rings. The quantitative estimate of drug-likeness (QED) is 0.609. The number of carbonyl (C=O) groups excluding carboxylic acids is 4. The maximum Gasteiger partial charge on any atom is 0.331 e. The lowest BCUT2D eigenvalue weighted by Crippen LogP contribution is -2.58. The van der Waals surface area contributed by atoms with Gasteiger partial charge in [0.1, 0.15) is 12.1 Å². The maximum absolute atomic E-state index is 13.1. The maximum atomic E-state index is 13.1. The summed E-state index contributed by atoms with van der Waals surface area (Å²) in [5, 5.41) is 3.07. The van der Waals surface area contributed by atoms with Crippen LogP contribution < -0.4 is 11.1 Å². The standard InChI is InChI=1S/C21H22N4O4/c22-18(26)12-24-11-13(15-8-4-5-9-17(15)24)10-16-19(27)23-21(29)25(20(16)28)14-6-2-1-3-7-14/h4-5,8-11,14H,1-3,6-7,12H2,(H2,22,26)(H,23,27,29)/b16-10-. The Balaban J connectivity index is 1.74. The second-order valence-corrected chi connectivity index (χ2v) is 7.48. The molecule has 0 bridgehead atoms. The Bertz CT molecular complexity index is 1050. The van der Waals surface area contributed by atoms with Crippen LogP contribution in [0.3, 0.4) is 0 Å². The van der Waals surface area contributed by atoms with Gasteiger partial charge in [0.25, 0.3) is 11.8 Å². The van der Waals surface area contributed by atoms with Crippen LogP contribution in [0, 0.1) is 0 Å². The molecule has 29 heavy (non-hydrogen) atoms. The molecule has 1 aromatic heterocycles. The summed E-state index contributed by atoms with van der Waals surface area (Å²) < 4.78 is 1.68. The first kappa shape index (κ1) is 18.9. The number of aromatic nitrogens is 1. The molecule has 2 aromatic rings. The van der Waals surface area contributed by atoms with E-state index in [4.69, 9.17) is 5.73 Å². The zero-order valence-corrected chi connectivity index (χ0v) is 15.9. The monoisotopic (exact) mass is 394 g/mol. The van der Waals surface area contributed by atoms with Gasteiger partial charge < -0.3 is 10.3 Å². The SMILES string of the molecule is NC(=O)Cn1cc(/C=C2/C(=O)NC(=O)N(C3CCCCC3)C2=O)c2ccccc21. The van der Waals surface area contributed by atoms with Crippen molar-refractivity contribution < 1.29 is 19.2 Å². The molecule has 2 fully saturated rings. The minimum absolute atomic E-state index is 0.0173. The van der Waals surface area contributed by atoms with Gasteiger partial charge in [0.05, 0.1) is 0 Å². The number of nitrogens with zero attached hydrogens (tertiary/aromatic N) is 2. The zero-order valence-electron chi connectivity index (χ0n) is 15.9. The number of primary amides is 1. The molecule has 0 spiro atoms. The van der Waals surface area contributed by atoms with Crippen LogP contribution in [0.4, 0.5) is 4.79 Å². The lowest BCUT2D eigenvalue weighted by Gasteiger charge is -2.35. The second kappa shape index (κ2) is 7.54. The van der Waals surface area contributed by atoms with Crippen LogP contribution in [0.25, 0.3) is 17.0 Å².